The van der Waals surface area contributed by atoms with Crippen molar-refractivity contribution in [3.63, 3.8) is 0 Å². The number of hydrogen-bond acceptors (Lipinski definition) is 4. The Labute approximate surface area is 160 Å². The Kier molecular flexibility index (Phi) is 4.17. The first kappa shape index (κ1) is 17.6. The fourth-order valence-corrected chi connectivity index (χ4v) is 3.83. The van der Waals surface area contributed by atoms with E-state index >= 15 is 0 Å². The van der Waals surface area contributed by atoms with Crippen molar-refractivity contribution in [3.8, 4) is 0 Å². The number of morpholine rings is 1. The normalized spacial score (nSPS) is 24.5. The Morgan fingerprint density at radius 2 is 1.85 bits per heavy atom. The van der Waals surface area contributed by atoms with Crippen LogP contribution in [0.3, 0.4) is 0 Å². The Morgan fingerprint density at radius 3 is 2.50 bits per heavy atom. The first-order valence-electron chi connectivity index (χ1n) is 8.41. The zero-order chi connectivity index (χ0) is 18.5. The Balaban J connectivity index is 1.70. The second kappa shape index (κ2) is 6.15. The number of nitrogens with one attached hydrogen (secondary N) is 1. The van der Waals surface area contributed by atoms with Crippen LogP contribution in [-0.2, 0) is 9.53 Å². The molecule has 1 aliphatic carbocycles. The van der Waals surface area contributed by atoms with E-state index < -0.39 is 9.75 Å². The first-order valence-corrected chi connectivity index (χ1v) is 9.17. The van der Waals surface area contributed by atoms with E-state index in [1.807, 2.05) is 12.1 Å². The number of alkyl halides is 2. The van der Waals surface area contributed by atoms with Gasteiger partial charge in [0, 0.05) is 18.5 Å². The summed E-state index contributed by atoms with van der Waals surface area (Å²) in [7, 11) is 0. The van der Waals surface area contributed by atoms with Gasteiger partial charge in [-0.05, 0) is 25.5 Å². The van der Waals surface area contributed by atoms with Crippen molar-refractivity contribution in [1.29, 1.82) is 0 Å². The van der Waals surface area contributed by atoms with E-state index in [1.54, 1.807) is 24.0 Å². The Morgan fingerprint density at radius 1 is 1.19 bits per heavy atom. The predicted molar refractivity (Wildman–Crippen MR) is 98.7 cm³/mol. The van der Waals surface area contributed by atoms with E-state index in [9.17, 15) is 9.59 Å². The molecule has 2 fully saturated rings. The van der Waals surface area contributed by atoms with Gasteiger partial charge in [0.15, 0.2) is 0 Å². The monoisotopic (exact) mass is 396 g/mol. The number of nitrogens with zero attached hydrogens (tertiary/aromatic N) is 1. The van der Waals surface area contributed by atoms with Gasteiger partial charge in [-0.3, -0.25) is 9.59 Å². The largest absolute Gasteiger partial charge is 0.449 e. The van der Waals surface area contributed by atoms with Gasteiger partial charge >= 0.3 is 0 Å². The highest BCUT2D eigenvalue weighted by Gasteiger charge is 2.68. The molecule has 2 aromatic rings. The number of halogens is 2. The molecule has 4 rings (SSSR count). The maximum Gasteiger partial charge on any atom is 0.291 e. The highest BCUT2D eigenvalue weighted by Crippen LogP contribution is 2.64. The molecule has 138 valence electrons. The van der Waals surface area contributed by atoms with Crippen LogP contribution >= 0.6 is 23.2 Å². The van der Waals surface area contributed by atoms with E-state index in [0.717, 1.165) is 0 Å². The molecule has 0 bridgehead atoms. The molecular formula is C18H18Cl2N2O4. The van der Waals surface area contributed by atoms with E-state index in [2.05, 4.69) is 5.32 Å². The second-order valence-corrected chi connectivity index (χ2v) is 8.36. The molecule has 1 aliphatic heterocycles. The standard InChI is InChI=1S/C18H18Cl2N2O4/c1-17(10-18(17,19)20)16(24)21-13-11-4-2-3-5-12(11)26-14(13)15(23)22-6-8-25-9-7-22/h2-5H,6-10H2,1H3,(H,21,24). The molecule has 6 nitrogen and oxygen atoms in total. The second-order valence-electron chi connectivity index (χ2n) is 6.87. The molecule has 1 N–H and O–H groups in total. The summed E-state index contributed by atoms with van der Waals surface area (Å²) in [6.45, 7) is 3.62. The lowest BCUT2D eigenvalue weighted by Gasteiger charge is -2.26. The molecule has 1 aromatic heterocycles. The number of carbonyl (C=O) groups excluding carboxylic acids is 2. The molecule has 1 atom stereocenters. The van der Waals surface area contributed by atoms with Crippen molar-refractivity contribution in [2.24, 2.45) is 5.41 Å². The molecule has 1 aromatic carbocycles. The average Bonchev–Trinajstić information content (AvgIpc) is 2.99. The zero-order valence-corrected chi connectivity index (χ0v) is 15.7. The molecule has 2 amide bonds. The van der Waals surface area contributed by atoms with Crippen LogP contribution in [0.4, 0.5) is 5.69 Å². The number of ether oxygens (including phenoxy) is 1. The molecule has 8 heteroatoms. The third-order valence-corrected chi connectivity index (χ3v) is 6.19. The summed E-state index contributed by atoms with van der Waals surface area (Å²) < 4.78 is 9.99. The number of anilines is 1. The molecule has 1 saturated carbocycles. The summed E-state index contributed by atoms with van der Waals surface area (Å²) in [6.07, 6.45) is 0.359. The lowest BCUT2D eigenvalue weighted by molar-refractivity contribution is -0.120. The van der Waals surface area contributed by atoms with Crippen molar-refractivity contribution in [2.75, 3.05) is 31.6 Å². The number of benzene rings is 1. The molecule has 2 heterocycles. The smallest absolute Gasteiger partial charge is 0.291 e. The fourth-order valence-electron chi connectivity index (χ4n) is 3.13. The first-order chi connectivity index (χ1) is 12.3. The number of rotatable bonds is 3. The highest BCUT2D eigenvalue weighted by molar-refractivity contribution is 6.53. The van der Waals surface area contributed by atoms with Crippen molar-refractivity contribution in [1.82, 2.24) is 4.90 Å². The maximum atomic E-state index is 12.9. The number of fused-ring (bicyclic) bond motifs is 1. The van der Waals surface area contributed by atoms with E-state index in [1.165, 1.54) is 0 Å². The summed E-state index contributed by atoms with van der Waals surface area (Å²) in [4.78, 5) is 27.3. The van der Waals surface area contributed by atoms with Crippen LogP contribution in [0.25, 0.3) is 11.0 Å². The number of para-hydroxylation sites is 1. The number of amides is 2. The van der Waals surface area contributed by atoms with Gasteiger partial charge in [0.1, 0.15) is 15.6 Å². The molecule has 26 heavy (non-hydrogen) atoms. The summed E-state index contributed by atoms with van der Waals surface area (Å²) in [5.41, 5.74) is -0.00367. The number of carbonyl (C=O) groups is 2. The van der Waals surface area contributed by atoms with Gasteiger partial charge in [-0.2, -0.15) is 0 Å². The van der Waals surface area contributed by atoms with Crippen LogP contribution in [0, 0.1) is 5.41 Å². The van der Waals surface area contributed by atoms with E-state index in [4.69, 9.17) is 32.4 Å². The summed E-state index contributed by atoms with van der Waals surface area (Å²) in [5, 5.41) is 3.49. The highest BCUT2D eigenvalue weighted by atomic mass is 35.5. The van der Waals surface area contributed by atoms with Gasteiger partial charge in [-0.25, -0.2) is 0 Å². The van der Waals surface area contributed by atoms with Gasteiger partial charge in [0.05, 0.1) is 18.6 Å². The predicted octanol–water partition coefficient (Wildman–Crippen LogP) is 3.43. The van der Waals surface area contributed by atoms with Crippen molar-refractivity contribution in [3.05, 3.63) is 30.0 Å². The van der Waals surface area contributed by atoms with Crippen molar-refractivity contribution in [2.45, 2.75) is 17.7 Å². The number of furan rings is 1. The van der Waals surface area contributed by atoms with Gasteiger partial charge in [-0.1, -0.05) is 12.1 Å². The van der Waals surface area contributed by atoms with Crippen LogP contribution in [0.15, 0.2) is 28.7 Å². The summed E-state index contributed by atoms with van der Waals surface area (Å²) >= 11 is 12.2. The SMILES string of the molecule is CC1(C(=O)Nc2c(C(=O)N3CCOCC3)oc3ccccc23)CC1(Cl)Cl. The van der Waals surface area contributed by atoms with Gasteiger partial charge in [0.2, 0.25) is 11.7 Å². The van der Waals surface area contributed by atoms with Crippen LogP contribution < -0.4 is 5.32 Å². The van der Waals surface area contributed by atoms with Crippen LogP contribution in [0.5, 0.6) is 0 Å². The summed E-state index contributed by atoms with van der Waals surface area (Å²) in [5.74, 6) is -0.491. The Hall–Kier alpha value is -1.76. The summed E-state index contributed by atoms with van der Waals surface area (Å²) in [6, 6.07) is 7.19. The fraction of sp³-hybridized carbons (Fsp3) is 0.444. The Bertz CT molecular complexity index is 888. The third kappa shape index (κ3) is 2.76. The lowest BCUT2D eigenvalue weighted by Crippen LogP contribution is -2.41. The van der Waals surface area contributed by atoms with Crippen molar-refractivity contribution >= 4 is 51.7 Å². The molecule has 1 saturated heterocycles. The van der Waals surface area contributed by atoms with Crippen molar-refractivity contribution < 1.29 is 18.7 Å². The van der Waals surface area contributed by atoms with Crippen LogP contribution in [-0.4, -0.2) is 47.4 Å². The number of hydrogen-bond donors (Lipinski definition) is 1. The maximum absolute atomic E-state index is 12.9. The van der Waals surface area contributed by atoms with E-state index in [0.29, 0.717) is 49.4 Å². The zero-order valence-electron chi connectivity index (χ0n) is 14.2. The minimum absolute atomic E-state index is 0.112. The quantitative estimate of drug-likeness (QED) is 0.806. The molecule has 2 aliphatic rings. The molecule has 0 spiro atoms. The molecule has 0 radical (unpaired) electrons. The van der Waals surface area contributed by atoms with Crippen LogP contribution in [0.2, 0.25) is 0 Å². The minimum atomic E-state index is -1.09. The van der Waals surface area contributed by atoms with Gasteiger partial charge < -0.3 is 19.4 Å². The van der Waals surface area contributed by atoms with E-state index in [-0.39, 0.29) is 17.6 Å². The molecule has 1 unspecified atom stereocenters. The molecular weight excluding hydrogens is 379 g/mol. The topological polar surface area (TPSA) is 71.8 Å². The average molecular weight is 397 g/mol. The third-order valence-electron chi connectivity index (χ3n) is 5.09. The van der Waals surface area contributed by atoms with Gasteiger partial charge in [-0.15, -0.1) is 23.2 Å². The lowest BCUT2D eigenvalue weighted by atomic mass is 10.1. The minimum Gasteiger partial charge on any atom is -0.449 e. The van der Waals surface area contributed by atoms with Crippen LogP contribution in [0.1, 0.15) is 23.9 Å². The van der Waals surface area contributed by atoms with Gasteiger partial charge in [0.25, 0.3) is 5.91 Å².